The van der Waals surface area contributed by atoms with Crippen molar-refractivity contribution in [3.63, 3.8) is 0 Å². The van der Waals surface area contributed by atoms with Gasteiger partial charge in [0.15, 0.2) is 16.3 Å². The number of halogens is 4. The number of nitrogens with one attached hydrogen (secondary N) is 1. The first-order chi connectivity index (χ1) is 9.31. The minimum absolute atomic E-state index is 0.0216. The molecule has 0 bridgehead atoms. The van der Waals surface area contributed by atoms with E-state index >= 15 is 0 Å². The molecule has 0 unspecified atom stereocenters. The van der Waals surface area contributed by atoms with Crippen LogP contribution in [0, 0.1) is 4.77 Å². The average Bonchev–Trinajstić information content (AvgIpc) is 2.69. The summed E-state index contributed by atoms with van der Waals surface area (Å²) in [5.74, 6) is -0.386. The minimum Gasteiger partial charge on any atom is -0.403 e. The van der Waals surface area contributed by atoms with Crippen LogP contribution in [-0.4, -0.2) is 26.2 Å². The second-order valence-electron chi connectivity index (χ2n) is 3.60. The van der Waals surface area contributed by atoms with Crippen LogP contribution in [0.15, 0.2) is 22.7 Å². The van der Waals surface area contributed by atoms with Crippen molar-refractivity contribution < 1.29 is 23.0 Å². The molecule has 0 aliphatic carbocycles. The Kier molecular flexibility index (Phi) is 4.16. The second-order valence-corrected chi connectivity index (χ2v) is 4.90. The van der Waals surface area contributed by atoms with Crippen LogP contribution in [0.4, 0.5) is 13.2 Å². The molecule has 0 atom stereocenters. The van der Waals surface area contributed by atoms with Crippen molar-refractivity contribution >= 4 is 28.1 Å². The summed E-state index contributed by atoms with van der Waals surface area (Å²) in [4.78, 5) is 0. The number of rotatable bonds is 3. The molecule has 108 valence electrons. The molecule has 0 saturated carbocycles. The molecule has 2 aromatic rings. The summed E-state index contributed by atoms with van der Waals surface area (Å²) in [5, 5.41) is 15.3. The maximum absolute atomic E-state index is 12.4. The number of hydrogen-bond donors (Lipinski definition) is 2. The molecule has 0 fully saturated rings. The molecular formula is C10H7BrF3N3O2S. The van der Waals surface area contributed by atoms with Gasteiger partial charge in [-0.3, -0.25) is 9.67 Å². The van der Waals surface area contributed by atoms with Crippen molar-refractivity contribution in [2.24, 2.45) is 0 Å². The Morgan fingerprint density at radius 3 is 2.75 bits per heavy atom. The summed E-state index contributed by atoms with van der Waals surface area (Å²) in [6.45, 7) is -0.491. The summed E-state index contributed by atoms with van der Waals surface area (Å²) in [5.41, 5.74) is 0.0216. The fourth-order valence-electron chi connectivity index (χ4n) is 1.56. The average molecular weight is 370 g/mol. The highest BCUT2D eigenvalue weighted by Gasteiger charge is 2.32. The number of hydrogen-bond acceptors (Lipinski definition) is 4. The maximum Gasteiger partial charge on any atom is 0.573 e. The van der Waals surface area contributed by atoms with Crippen LogP contribution in [-0.2, 0) is 6.61 Å². The van der Waals surface area contributed by atoms with Gasteiger partial charge in [0.2, 0.25) is 0 Å². The van der Waals surface area contributed by atoms with E-state index in [2.05, 4.69) is 30.9 Å². The highest BCUT2D eigenvalue weighted by Crippen LogP contribution is 2.32. The number of aromatic amines is 1. The number of alkyl halides is 3. The Labute approximate surface area is 124 Å². The largest absolute Gasteiger partial charge is 0.573 e. The molecule has 2 rings (SSSR count). The van der Waals surface area contributed by atoms with E-state index in [1.165, 1.54) is 16.7 Å². The van der Waals surface area contributed by atoms with Gasteiger partial charge in [-0.1, -0.05) is 15.9 Å². The van der Waals surface area contributed by atoms with Crippen molar-refractivity contribution in [3.8, 4) is 11.4 Å². The predicted molar refractivity (Wildman–Crippen MR) is 69.1 cm³/mol. The van der Waals surface area contributed by atoms with Gasteiger partial charge in [0.1, 0.15) is 6.61 Å². The number of benzene rings is 1. The molecule has 0 spiro atoms. The van der Waals surface area contributed by atoms with Gasteiger partial charge in [-0.15, -0.1) is 13.2 Å². The molecule has 0 aliphatic heterocycles. The first-order valence-corrected chi connectivity index (χ1v) is 6.35. The van der Waals surface area contributed by atoms with E-state index in [-0.39, 0.29) is 16.3 Å². The number of aliphatic hydroxyl groups is 1. The van der Waals surface area contributed by atoms with Crippen molar-refractivity contribution in [2.75, 3.05) is 0 Å². The van der Waals surface area contributed by atoms with Crippen molar-refractivity contribution in [1.29, 1.82) is 0 Å². The zero-order valence-corrected chi connectivity index (χ0v) is 12.0. The third-order valence-electron chi connectivity index (χ3n) is 2.27. The third-order valence-corrected chi connectivity index (χ3v) is 3.04. The van der Waals surface area contributed by atoms with Crippen LogP contribution in [0.5, 0.6) is 5.75 Å². The first-order valence-electron chi connectivity index (χ1n) is 5.14. The molecule has 20 heavy (non-hydrogen) atoms. The van der Waals surface area contributed by atoms with Gasteiger partial charge in [0.25, 0.3) is 0 Å². The Morgan fingerprint density at radius 2 is 2.15 bits per heavy atom. The normalized spacial score (nSPS) is 11.7. The van der Waals surface area contributed by atoms with Crippen molar-refractivity contribution in [3.05, 3.63) is 33.3 Å². The molecule has 0 saturated heterocycles. The second kappa shape index (κ2) is 5.54. The lowest BCUT2D eigenvalue weighted by Crippen LogP contribution is -2.18. The fraction of sp³-hybridized carbons (Fsp3) is 0.200. The van der Waals surface area contributed by atoms with Gasteiger partial charge in [0, 0.05) is 4.47 Å². The number of nitrogens with zero attached hydrogens (tertiary/aromatic N) is 2. The molecule has 2 N–H and O–H groups in total. The first kappa shape index (κ1) is 15.0. The standard InChI is InChI=1S/C10H7BrF3N3O2S/c11-5-1-2-6(7(3-5)19-10(12,13)14)17-8(4-18)15-16-9(17)20/h1-3,18H,4H2,(H,16,20). The summed E-state index contributed by atoms with van der Waals surface area (Å²) in [6, 6.07) is 4.04. The Bertz CT molecular complexity index is 683. The van der Waals surface area contributed by atoms with Gasteiger partial charge in [0.05, 0.1) is 5.69 Å². The number of ether oxygens (including phenoxy) is 1. The fourth-order valence-corrected chi connectivity index (χ4v) is 2.15. The summed E-state index contributed by atoms with van der Waals surface area (Å²) < 4.78 is 42.9. The van der Waals surface area contributed by atoms with E-state index in [0.29, 0.717) is 4.47 Å². The van der Waals surface area contributed by atoms with Gasteiger partial charge in [-0.25, -0.2) is 0 Å². The van der Waals surface area contributed by atoms with Crippen LogP contribution in [0.1, 0.15) is 5.82 Å². The van der Waals surface area contributed by atoms with Crippen LogP contribution in [0.2, 0.25) is 0 Å². The van der Waals surface area contributed by atoms with E-state index in [9.17, 15) is 13.2 Å². The van der Waals surface area contributed by atoms with Crippen molar-refractivity contribution in [1.82, 2.24) is 14.8 Å². The third kappa shape index (κ3) is 3.19. The molecule has 0 radical (unpaired) electrons. The van der Waals surface area contributed by atoms with Crippen LogP contribution in [0.25, 0.3) is 5.69 Å². The summed E-state index contributed by atoms with van der Waals surface area (Å²) >= 11 is 8.01. The topological polar surface area (TPSA) is 63.1 Å². The van der Waals surface area contributed by atoms with Crippen LogP contribution >= 0.6 is 28.1 Å². The van der Waals surface area contributed by atoms with Crippen LogP contribution < -0.4 is 4.74 Å². The Morgan fingerprint density at radius 1 is 1.45 bits per heavy atom. The van der Waals surface area contributed by atoms with E-state index in [0.717, 1.165) is 6.07 Å². The zero-order valence-electron chi connectivity index (χ0n) is 9.61. The molecule has 5 nitrogen and oxygen atoms in total. The molecule has 0 aliphatic rings. The molecule has 1 aromatic carbocycles. The Hall–Kier alpha value is -1.39. The lowest BCUT2D eigenvalue weighted by atomic mass is 10.3. The minimum atomic E-state index is -4.85. The van der Waals surface area contributed by atoms with Gasteiger partial charge >= 0.3 is 6.36 Å². The highest BCUT2D eigenvalue weighted by molar-refractivity contribution is 9.10. The zero-order chi connectivity index (χ0) is 14.9. The van der Waals surface area contributed by atoms with Gasteiger partial charge in [-0.2, -0.15) is 5.10 Å². The highest BCUT2D eigenvalue weighted by atomic mass is 79.9. The SMILES string of the molecule is OCc1n[nH]c(=S)n1-c1ccc(Br)cc1OC(F)(F)F. The monoisotopic (exact) mass is 369 g/mol. The smallest absolute Gasteiger partial charge is 0.403 e. The van der Waals surface area contributed by atoms with E-state index < -0.39 is 18.7 Å². The van der Waals surface area contributed by atoms with Crippen LogP contribution in [0.3, 0.4) is 0 Å². The maximum atomic E-state index is 12.4. The van der Waals surface area contributed by atoms with Crippen molar-refractivity contribution in [2.45, 2.75) is 13.0 Å². The number of aromatic nitrogens is 3. The Balaban J connectivity index is 2.62. The van der Waals surface area contributed by atoms with Gasteiger partial charge in [-0.05, 0) is 30.4 Å². The lowest BCUT2D eigenvalue weighted by molar-refractivity contribution is -0.274. The lowest BCUT2D eigenvalue weighted by Gasteiger charge is -2.14. The predicted octanol–water partition coefficient (Wildman–Crippen LogP) is 3.08. The summed E-state index contributed by atoms with van der Waals surface area (Å²) in [6.07, 6.45) is -4.85. The molecule has 1 heterocycles. The quantitative estimate of drug-likeness (QED) is 0.816. The molecule has 0 amide bonds. The molecule has 1 aromatic heterocycles. The molecular weight excluding hydrogens is 363 g/mol. The van der Waals surface area contributed by atoms with Gasteiger partial charge < -0.3 is 9.84 Å². The van der Waals surface area contributed by atoms with E-state index in [1.54, 1.807) is 0 Å². The number of H-pyrrole nitrogens is 1. The molecule has 10 heteroatoms. The van der Waals surface area contributed by atoms with E-state index in [1.807, 2.05) is 0 Å². The summed E-state index contributed by atoms with van der Waals surface area (Å²) in [7, 11) is 0. The number of aliphatic hydroxyl groups excluding tert-OH is 1. The van der Waals surface area contributed by atoms with E-state index in [4.69, 9.17) is 17.3 Å².